The van der Waals surface area contributed by atoms with Gasteiger partial charge in [0.1, 0.15) is 0 Å². The number of hydrogen-bond donors (Lipinski definition) is 2. The minimum Gasteiger partial charge on any atom is -0.326 e. The number of amides is 1. The van der Waals surface area contributed by atoms with Crippen LogP contribution in [-0.4, -0.2) is 15.7 Å². The highest BCUT2D eigenvalue weighted by Gasteiger charge is 2.06. The van der Waals surface area contributed by atoms with Gasteiger partial charge in [0.25, 0.3) is 11.1 Å². The molecular weight excluding hydrogens is 270 g/mol. The maximum atomic E-state index is 11.9. The number of H-pyrrole nitrogens is 1. The Morgan fingerprint density at radius 1 is 1.19 bits per heavy atom. The highest BCUT2D eigenvalue weighted by Crippen LogP contribution is 2.16. The molecule has 6 heteroatoms. The summed E-state index contributed by atoms with van der Waals surface area (Å²) in [4.78, 5) is 34.5. The summed E-state index contributed by atoms with van der Waals surface area (Å²) in [5, 5.41) is 5.18. The minimum atomic E-state index is -0.371. The van der Waals surface area contributed by atoms with Gasteiger partial charge in [0.2, 0.25) is 5.91 Å². The fourth-order valence-electron chi connectivity index (χ4n) is 2.01. The first kappa shape index (κ1) is 14.8. The number of aromatic amines is 1. The largest absolute Gasteiger partial charge is 0.326 e. The lowest BCUT2D eigenvalue weighted by Gasteiger charge is -2.09. The zero-order valence-corrected chi connectivity index (χ0v) is 12.0. The highest BCUT2D eigenvalue weighted by molar-refractivity contribution is 5.91. The zero-order valence-electron chi connectivity index (χ0n) is 12.0. The quantitative estimate of drug-likeness (QED) is 0.885. The second-order valence-electron chi connectivity index (χ2n) is 4.92. The van der Waals surface area contributed by atoms with Crippen molar-refractivity contribution < 1.29 is 4.79 Å². The van der Waals surface area contributed by atoms with Crippen molar-refractivity contribution in [3.63, 3.8) is 0 Å². The lowest BCUT2D eigenvalue weighted by molar-refractivity contribution is -0.116. The van der Waals surface area contributed by atoms with E-state index in [1.165, 1.54) is 6.07 Å². The first-order valence-electron chi connectivity index (χ1n) is 6.63. The van der Waals surface area contributed by atoms with Crippen molar-refractivity contribution in [1.82, 2.24) is 9.78 Å². The number of carbonyl (C=O) groups is 1. The number of aromatic nitrogens is 2. The van der Waals surface area contributed by atoms with Crippen LogP contribution < -0.4 is 16.4 Å². The number of carbonyl (C=O) groups excluding carboxylic acids is 1. The van der Waals surface area contributed by atoms with Gasteiger partial charge >= 0.3 is 0 Å². The van der Waals surface area contributed by atoms with Crippen molar-refractivity contribution in [2.24, 2.45) is 0 Å². The Kier molecular flexibility index (Phi) is 4.37. The molecule has 0 aliphatic carbocycles. The summed E-state index contributed by atoms with van der Waals surface area (Å²) in [6.45, 7) is 4.03. The Hall–Kier alpha value is -2.63. The molecule has 0 fully saturated rings. The number of benzene rings is 1. The van der Waals surface area contributed by atoms with Gasteiger partial charge in [-0.05, 0) is 25.5 Å². The van der Waals surface area contributed by atoms with E-state index in [0.29, 0.717) is 0 Å². The first-order valence-corrected chi connectivity index (χ1v) is 6.63. The molecule has 1 aromatic heterocycles. The van der Waals surface area contributed by atoms with Crippen molar-refractivity contribution in [2.45, 2.75) is 26.8 Å². The third-order valence-corrected chi connectivity index (χ3v) is 3.11. The molecule has 6 nitrogen and oxygen atoms in total. The van der Waals surface area contributed by atoms with E-state index in [2.05, 4.69) is 10.4 Å². The van der Waals surface area contributed by atoms with E-state index < -0.39 is 0 Å². The van der Waals surface area contributed by atoms with E-state index in [-0.39, 0.29) is 30.0 Å². The second kappa shape index (κ2) is 6.21. The van der Waals surface area contributed by atoms with Crippen LogP contribution >= 0.6 is 0 Å². The summed E-state index contributed by atoms with van der Waals surface area (Å²) < 4.78 is 1.13. The van der Waals surface area contributed by atoms with E-state index in [1.807, 2.05) is 32.0 Å². The van der Waals surface area contributed by atoms with Crippen LogP contribution in [0, 0.1) is 13.8 Å². The fourth-order valence-corrected chi connectivity index (χ4v) is 2.01. The molecule has 0 aliphatic rings. The van der Waals surface area contributed by atoms with E-state index in [4.69, 9.17) is 0 Å². The molecule has 21 heavy (non-hydrogen) atoms. The minimum absolute atomic E-state index is 0.104. The zero-order chi connectivity index (χ0) is 15.4. The Balaban J connectivity index is 2.00. The van der Waals surface area contributed by atoms with Crippen molar-refractivity contribution in [3.05, 3.63) is 62.2 Å². The standard InChI is InChI=1S/C15H17N3O3/c1-10-3-4-12(11(2)9-10)16-13(19)7-8-18-15(21)6-5-14(20)17-18/h3-6,9H,7-8H2,1-2H3,(H,16,19)(H,17,20). The molecule has 1 aromatic carbocycles. The van der Waals surface area contributed by atoms with Crippen molar-refractivity contribution in [2.75, 3.05) is 5.32 Å². The van der Waals surface area contributed by atoms with Gasteiger partial charge in [-0.25, -0.2) is 4.68 Å². The molecule has 0 bridgehead atoms. The molecule has 1 amide bonds. The monoisotopic (exact) mass is 287 g/mol. The molecule has 0 radical (unpaired) electrons. The Morgan fingerprint density at radius 2 is 1.95 bits per heavy atom. The topological polar surface area (TPSA) is 84.0 Å². The number of anilines is 1. The van der Waals surface area contributed by atoms with Crippen LogP contribution in [0.25, 0.3) is 0 Å². The third-order valence-electron chi connectivity index (χ3n) is 3.11. The first-order chi connectivity index (χ1) is 9.95. The van der Waals surface area contributed by atoms with Crippen molar-refractivity contribution in [1.29, 1.82) is 0 Å². The molecule has 110 valence electrons. The van der Waals surface area contributed by atoms with Crippen LogP contribution in [0.15, 0.2) is 39.9 Å². The lowest BCUT2D eigenvalue weighted by atomic mass is 10.1. The van der Waals surface area contributed by atoms with Crippen LogP contribution in [0.5, 0.6) is 0 Å². The van der Waals surface area contributed by atoms with Gasteiger partial charge in [-0.3, -0.25) is 19.5 Å². The molecule has 0 saturated heterocycles. The molecule has 0 unspecified atom stereocenters. The van der Waals surface area contributed by atoms with Gasteiger partial charge in [-0.15, -0.1) is 0 Å². The van der Waals surface area contributed by atoms with Crippen LogP contribution in [0.2, 0.25) is 0 Å². The number of rotatable bonds is 4. The fraction of sp³-hybridized carbons (Fsp3) is 0.267. The molecule has 2 rings (SSSR count). The molecule has 2 aromatic rings. The molecule has 0 aliphatic heterocycles. The summed E-state index contributed by atoms with van der Waals surface area (Å²) in [6, 6.07) is 8.09. The lowest BCUT2D eigenvalue weighted by Crippen LogP contribution is -2.29. The summed E-state index contributed by atoms with van der Waals surface area (Å²) in [7, 11) is 0. The van der Waals surface area contributed by atoms with Gasteiger partial charge in [-0.1, -0.05) is 17.7 Å². The average Bonchev–Trinajstić information content (AvgIpc) is 2.43. The van der Waals surface area contributed by atoms with Crippen molar-refractivity contribution >= 4 is 11.6 Å². The van der Waals surface area contributed by atoms with Crippen LogP contribution in [-0.2, 0) is 11.3 Å². The number of nitrogens with one attached hydrogen (secondary N) is 2. The van der Waals surface area contributed by atoms with Crippen LogP contribution in [0.1, 0.15) is 17.5 Å². The molecule has 0 spiro atoms. The molecule has 0 atom stereocenters. The summed E-state index contributed by atoms with van der Waals surface area (Å²) >= 11 is 0. The summed E-state index contributed by atoms with van der Waals surface area (Å²) in [5.41, 5.74) is 2.14. The Morgan fingerprint density at radius 3 is 2.67 bits per heavy atom. The highest BCUT2D eigenvalue weighted by atomic mass is 16.2. The van der Waals surface area contributed by atoms with E-state index in [9.17, 15) is 14.4 Å². The van der Waals surface area contributed by atoms with Crippen molar-refractivity contribution in [3.8, 4) is 0 Å². The smallest absolute Gasteiger partial charge is 0.265 e. The Bertz CT molecular complexity index is 774. The SMILES string of the molecule is Cc1ccc(NC(=O)CCn2[nH]c(=O)ccc2=O)c(C)c1. The number of aryl methyl sites for hydroxylation is 3. The summed E-state index contributed by atoms with van der Waals surface area (Å²) in [5.74, 6) is -0.210. The normalized spacial score (nSPS) is 10.4. The predicted octanol–water partition coefficient (Wildman–Crippen LogP) is 1.18. The second-order valence-corrected chi connectivity index (χ2v) is 4.92. The molecule has 0 saturated carbocycles. The maximum absolute atomic E-state index is 11.9. The average molecular weight is 287 g/mol. The third kappa shape index (κ3) is 3.92. The maximum Gasteiger partial charge on any atom is 0.265 e. The van der Waals surface area contributed by atoms with Gasteiger partial charge in [0.15, 0.2) is 0 Å². The van der Waals surface area contributed by atoms with Gasteiger partial charge in [0.05, 0.1) is 6.54 Å². The summed E-state index contributed by atoms with van der Waals surface area (Å²) in [6.07, 6.45) is 0.104. The molecule has 2 N–H and O–H groups in total. The van der Waals surface area contributed by atoms with E-state index in [1.54, 1.807) is 0 Å². The number of nitrogens with zero attached hydrogens (tertiary/aromatic N) is 1. The molecular formula is C15H17N3O3. The van der Waals surface area contributed by atoms with Crippen LogP contribution in [0.3, 0.4) is 0 Å². The van der Waals surface area contributed by atoms with E-state index in [0.717, 1.165) is 27.6 Å². The van der Waals surface area contributed by atoms with Gasteiger partial charge < -0.3 is 5.32 Å². The van der Waals surface area contributed by atoms with Crippen LogP contribution in [0.4, 0.5) is 5.69 Å². The van der Waals surface area contributed by atoms with Gasteiger partial charge in [-0.2, -0.15) is 0 Å². The van der Waals surface area contributed by atoms with E-state index >= 15 is 0 Å². The number of hydrogen-bond acceptors (Lipinski definition) is 3. The van der Waals surface area contributed by atoms with Gasteiger partial charge in [0, 0.05) is 24.2 Å². The molecule has 1 heterocycles. The Labute approximate surface area is 121 Å². The predicted molar refractivity (Wildman–Crippen MR) is 80.5 cm³/mol.